The minimum atomic E-state index is -0.231. The molecule has 0 fully saturated rings. The van der Waals surface area contributed by atoms with E-state index >= 15 is 0 Å². The molecule has 0 bridgehead atoms. The van der Waals surface area contributed by atoms with E-state index in [0.717, 1.165) is 19.6 Å². The second-order valence-electron chi connectivity index (χ2n) is 7.07. The Balaban J connectivity index is 2.42. The highest BCUT2D eigenvalue weighted by Crippen LogP contribution is 2.14. The lowest BCUT2D eigenvalue weighted by Crippen LogP contribution is -2.49. The minimum absolute atomic E-state index is 0.0506. The van der Waals surface area contributed by atoms with Crippen molar-refractivity contribution in [2.75, 3.05) is 38.1 Å². The molecular weight excluding hydrogens is 314 g/mol. The van der Waals surface area contributed by atoms with E-state index in [2.05, 4.69) is 64.0 Å². The molecule has 6 nitrogen and oxygen atoms in total. The average Bonchev–Trinajstić information content (AvgIpc) is 2.52. The van der Waals surface area contributed by atoms with Crippen molar-refractivity contribution in [2.45, 2.75) is 40.2 Å². The standard InChI is InChI=1S/C19H33N5O/c1-7-24(16-10-8-9-15(2)13-16)12-11-21-18(20-6)22-14-17(25)23-19(3,4)5/h8-10,13H,7,11-12,14H2,1-6H3,(H,23,25)(H2,20,21,22). The fourth-order valence-electron chi connectivity index (χ4n) is 2.45. The van der Waals surface area contributed by atoms with Crippen molar-refractivity contribution in [1.29, 1.82) is 0 Å². The van der Waals surface area contributed by atoms with Gasteiger partial charge in [-0.05, 0) is 52.3 Å². The van der Waals surface area contributed by atoms with E-state index in [0.29, 0.717) is 5.96 Å². The van der Waals surface area contributed by atoms with Gasteiger partial charge in [0.2, 0.25) is 5.91 Å². The molecule has 6 heteroatoms. The van der Waals surface area contributed by atoms with Crippen LogP contribution in [0.25, 0.3) is 0 Å². The Bertz CT molecular complexity index is 577. The van der Waals surface area contributed by atoms with Crippen LogP contribution in [-0.4, -0.2) is 50.6 Å². The van der Waals surface area contributed by atoms with Gasteiger partial charge in [0.1, 0.15) is 0 Å². The molecule has 1 rings (SSSR count). The van der Waals surface area contributed by atoms with Gasteiger partial charge in [-0.1, -0.05) is 12.1 Å². The van der Waals surface area contributed by atoms with Crippen molar-refractivity contribution in [1.82, 2.24) is 16.0 Å². The number of carbonyl (C=O) groups is 1. The normalized spacial score (nSPS) is 11.8. The summed E-state index contributed by atoms with van der Waals surface area (Å²) in [4.78, 5) is 18.3. The Hall–Kier alpha value is -2.24. The quantitative estimate of drug-likeness (QED) is 0.520. The highest BCUT2D eigenvalue weighted by Gasteiger charge is 2.13. The molecule has 0 spiro atoms. The maximum atomic E-state index is 11.9. The number of guanidine groups is 1. The van der Waals surface area contributed by atoms with Gasteiger partial charge in [-0.2, -0.15) is 0 Å². The van der Waals surface area contributed by atoms with Gasteiger partial charge in [0, 0.05) is 37.9 Å². The first-order valence-corrected chi connectivity index (χ1v) is 8.82. The number of rotatable bonds is 7. The van der Waals surface area contributed by atoms with Crippen molar-refractivity contribution in [3.63, 3.8) is 0 Å². The number of anilines is 1. The number of amides is 1. The van der Waals surface area contributed by atoms with Gasteiger partial charge in [0.15, 0.2) is 5.96 Å². The zero-order chi connectivity index (χ0) is 18.9. The summed E-state index contributed by atoms with van der Waals surface area (Å²) in [6.07, 6.45) is 0. The van der Waals surface area contributed by atoms with Crippen LogP contribution in [0.15, 0.2) is 29.3 Å². The molecule has 0 saturated heterocycles. The van der Waals surface area contributed by atoms with Crippen molar-refractivity contribution in [3.05, 3.63) is 29.8 Å². The number of aliphatic imine (C=N–C) groups is 1. The Labute approximate surface area is 152 Å². The van der Waals surface area contributed by atoms with Crippen LogP contribution in [0.5, 0.6) is 0 Å². The SMILES string of the molecule is CCN(CCNC(=NC)NCC(=O)NC(C)(C)C)c1cccc(C)c1. The second kappa shape index (κ2) is 9.91. The van der Waals surface area contributed by atoms with E-state index in [1.807, 2.05) is 20.8 Å². The molecule has 0 aromatic heterocycles. The number of hydrogen-bond acceptors (Lipinski definition) is 3. The smallest absolute Gasteiger partial charge is 0.239 e. The molecule has 0 aliphatic heterocycles. The molecule has 1 aromatic carbocycles. The number of benzene rings is 1. The van der Waals surface area contributed by atoms with Crippen molar-refractivity contribution < 1.29 is 4.79 Å². The van der Waals surface area contributed by atoms with E-state index in [4.69, 9.17) is 0 Å². The van der Waals surface area contributed by atoms with Crippen LogP contribution in [0.2, 0.25) is 0 Å². The van der Waals surface area contributed by atoms with Gasteiger partial charge >= 0.3 is 0 Å². The van der Waals surface area contributed by atoms with Gasteiger partial charge in [0.05, 0.1) is 6.54 Å². The van der Waals surface area contributed by atoms with Gasteiger partial charge in [0.25, 0.3) is 0 Å². The summed E-state index contributed by atoms with van der Waals surface area (Å²) < 4.78 is 0. The summed E-state index contributed by atoms with van der Waals surface area (Å²) in [6, 6.07) is 8.49. The first kappa shape index (κ1) is 20.8. The molecule has 0 unspecified atom stereocenters. The van der Waals surface area contributed by atoms with E-state index in [9.17, 15) is 4.79 Å². The number of aryl methyl sites for hydroxylation is 1. The lowest BCUT2D eigenvalue weighted by molar-refractivity contribution is -0.121. The maximum absolute atomic E-state index is 11.9. The van der Waals surface area contributed by atoms with Crippen molar-refractivity contribution in [3.8, 4) is 0 Å². The summed E-state index contributed by atoms with van der Waals surface area (Å²) >= 11 is 0. The fourth-order valence-corrected chi connectivity index (χ4v) is 2.45. The molecule has 1 amide bonds. The zero-order valence-corrected chi connectivity index (χ0v) is 16.4. The zero-order valence-electron chi connectivity index (χ0n) is 16.4. The number of hydrogen-bond donors (Lipinski definition) is 3. The summed E-state index contributed by atoms with van der Waals surface area (Å²) in [6.45, 7) is 12.9. The molecule has 3 N–H and O–H groups in total. The topological polar surface area (TPSA) is 68.8 Å². The molecule has 0 atom stereocenters. The molecule has 0 heterocycles. The van der Waals surface area contributed by atoms with Gasteiger partial charge in [-0.25, -0.2) is 0 Å². The molecule has 0 saturated carbocycles. The summed E-state index contributed by atoms with van der Waals surface area (Å²) in [5.41, 5.74) is 2.24. The van der Waals surface area contributed by atoms with Crippen LogP contribution >= 0.6 is 0 Å². The molecule has 1 aromatic rings. The lowest BCUT2D eigenvalue weighted by Gasteiger charge is -2.24. The first-order chi connectivity index (χ1) is 11.7. The first-order valence-electron chi connectivity index (χ1n) is 8.82. The van der Waals surface area contributed by atoms with E-state index in [1.165, 1.54) is 11.3 Å². The number of likely N-dealkylation sites (N-methyl/N-ethyl adjacent to an activating group) is 1. The summed E-state index contributed by atoms with van der Waals surface area (Å²) in [5, 5.41) is 9.21. The molecule has 25 heavy (non-hydrogen) atoms. The Morgan fingerprint density at radius 2 is 1.96 bits per heavy atom. The van der Waals surface area contributed by atoms with Crippen LogP contribution in [0.4, 0.5) is 5.69 Å². The summed E-state index contributed by atoms with van der Waals surface area (Å²) in [5.74, 6) is 0.578. The van der Waals surface area contributed by atoms with Gasteiger partial charge in [-0.15, -0.1) is 0 Å². The third-order valence-electron chi connectivity index (χ3n) is 3.58. The lowest BCUT2D eigenvalue weighted by atomic mass is 10.1. The van der Waals surface area contributed by atoms with E-state index in [-0.39, 0.29) is 18.0 Å². The molecule has 0 aliphatic carbocycles. The van der Waals surface area contributed by atoms with Crippen molar-refractivity contribution >= 4 is 17.6 Å². The number of carbonyl (C=O) groups excluding carboxylic acids is 1. The van der Waals surface area contributed by atoms with Crippen LogP contribution in [0.1, 0.15) is 33.3 Å². The minimum Gasteiger partial charge on any atom is -0.370 e. The number of nitrogens with one attached hydrogen (secondary N) is 3. The van der Waals surface area contributed by atoms with Crippen LogP contribution in [-0.2, 0) is 4.79 Å². The summed E-state index contributed by atoms with van der Waals surface area (Å²) in [7, 11) is 1.70. The number of nitrogens with zero attached hydrogens (tertiary/aromatic N) is 2. The third kappa shape index (κ3) is 8.42. The second-order valence-corrected chi connectivity index (χ2v) is 7.07. The fraction of sp³-hybridized carbons (Fsp3) is 0.579. The Morgan fingerprint density at radius 3 is 2.52 bits per heavy atom. The van der Waals surface area contributed by atoms with Gasteiger partial charge < -0.3 is 20.9 Å². The Morgan fingerprint density at radius 1 is 1.24 bits per heavy atom. The van der Waals surface area contributed by atoms with Crippen molar-refractivity contribution in [2.24, 2.45) is 4.99 Å². The average molecular weight is 348 g/mol. The highest BCUT2D eigenvalue weighted by atomic mass is 16.2. The van der Waals surface area contributed by atoms with E-state index in [1.54, 1.807) is 7.05 Å². The van der Waals surface area contributed by atoms with Crippen LogP contribution in [0.3, 0.4) is 0 Å². The predicted octanol–water partition coefficient (Wildman–Crippen LogP) is 1.90. The monoisotopic (exact) mass is 347 g/mol. The maximum Gasteiger partial charge on any atom is 0.239 e. The molecule has 0 aliphatic rings. The predicted molar refractivity (Wildman–Crippen MR) is 106 cm³/mol. The molecule has 140 valence electrons. The van der Waals surface area contributed by atoms with Crippen LogP contribution < -0.4 is 20.9 Å². The third-order valence-corrected chi connectivity index (χ3v) is 3.58. The Kier molecular flexibility index (Phi) is 8.25. The molecular formula is C19H33N5O. The highest BCUT2D eigenvalue weighted by molar-refractivity contribution is 5.86. The van der Waals surface area contributed by atoms with Gasteiger partial charge in [-0.3, -0.25) is 9.79 Å². The van der Waals surface area contributed by atoms with Crippen LogP contribution in [0, 0.1) is 6.92 Å². The molecule has 0 radical (unpaired) electrons. The largest absolute Gasteiger partial charge is 0.370 e. The van der Waals surface area contributed by atoms with E-state index < -0.39 is 0 Å².